The second-order valence-electron chi connectivity index (χ2n) is 6.29. The van der Waals surface area contributed by atoms with Gasteiger partial charge in [-0.15, -0.1) is 0 Å². The number of nitrogens with one attached hydrogen (secondary N) is 1. The first-order valence-corrected chi connectivity index (χ1v) is 8.02. The summed E-state index contributed by atoms with van der Waals surface area (Å²) in [7, 11) is 1.92. The van der Waals surface area contributed by atoms with E-state index < -0.39 is 0 Å². The number of anilines is 1. The quantitative estimate of drug-likeness (QED) is 0.920. The van der Waals surface area contributed by atoms with E-state index in [4.69, 9.17) is 0 Å². The van der Waals surface area contributed by atoms with E-state index in [1.54, 1.807) is 0 Å². The molecule has 2 fully saturated rings. The summed E-state index contributed by atoms with van der Waals surface area (Å²) < 4.78 is 0. The first-order chi connectivity index (χ1) is 9.76. The molecule has 2 atom stereocenters. The molecule has 1 saturated carbocycles. The molecule has 2 aliphatic rings. The number of nitrogens with zero attached hydrogens (tertiary/aromatic N) is 3. The summed E-state index contributed by atoms with van der Waals surface area (Å²) >= 11 is 0. The second-order valence-corrected chi connectivity index (χ2v) is 6.29. The zero-order valence-corrected chi connectivity index (χ0v) is 12.7. The number of piperidine rings is 1. The number of hydrogen-bond donors (Lipinski definition) is 1. The summed E-state index contributed by atoms with van der Waals surface area (Å²) in [5.41, 5.74) is 1.05. The minimum atomic E-state index is 0.777. The molecule has 4 heteroatoms. The molecule has 0 bridgehead atoms. The highest BCUT2D eigenvalue weighted by atomic mass is 15.2. The molecule has 2 unspecified atom stereocenters. The maximum absolute atomic E-state index is 4.62. The van der Waals surface area contributed by atoms with Crippen LogP contribution in [0.4, 0.5) is 5.82 Å². The van der Waals surface area contributed by atoms with Gasteiger partial charge in [0.25, 0.3) is 0 Å². The molecule has 0 spiro atoms. The Bertz CT molecular complexity index is 458. The summed E-state index contributed by atoms with van der Waals surface area (Å²) in [4.78, 5) is 11.9. The lowest BCUT2D eigenvalue weighted by Crippen LogP contribution is -2.46. The molecule has 110 valence electrons. The maximum atomic E-state index is 4.62. The average molecular weight is 274 g/mol. The van der Waals surface area contributed by atoms with Crippen LogP contribution in [0.15, 0.2) is 6.07 Å². The van der Waals surface area contributed by atoms with Crippen molar-refractivity contribution in [3.8, 4) is 0 Å². The Labute approximate surface area is 122 Å². The fourth-order valence-electron chi connectivity index (χ4n) is 3.93. The van der Waals surface area contributed by atoms with Crippen molar-refractivity contribution in [2.24, 2.45) is 5.92 Å². The molecule has 0 aromatic carbocycles. The molecule has 4 nitrogen and oxygen atoms in total. The van der Waals surface area contributed by atoms with Crippen molar-refractivity contribution in [1.82, 2.24) is 14.9 Å². The van der Waals surface area contributed by atoms with E-state index in [9.17, 15) is 0 Å². The lowest BCUT2D eigenvalue weighted by Gasteiger charge is -2.43. The summed E-state index contributed by atoms with van der Waals surface area (Å²) in [5, 5.41) is 3.13. The van der Waals surface area contributed by atoms with Crippen LogP contribution in [0.5, 0.6) is 0 Å². The van der Waals surface area contributed by atoms with E-state index in [1.807, 2.05) is 20.0 Å². The van der Waals surface area contributed by atoms with Crippen LogP contribution in [-0.4, -0.2) is 34.5 Å². The molecule has 3 rings (SSSR count). The molecule has 1 aromatic heterocycles. The van der Waals surface area contributed by atoms with Crippen molar-refractivity contribution in [2.45, 2.75) is 58.0 Å². The minimum Gasteiger partial charge on any atom is -0.373 e. The fourth-order valence-corrected chi connectivity index (χ4v) is 3.93. The summed E-state index contributed by atoms with van der Waals surface area (Å²) in [6.07, 6.45) is 8.39. The predicted molar refractivity (Wildman–Crippen MR) is 81.7 cm³/mol. The van der Waals surface area contributed by atoms with Gasteiger partial charge in [0.1, 0.15) is 11.6 Å². The number of hydrogen-bond acceptors (Lipinski definition) is 4. The maximum Gasteiger partial charge on any atom is 0.144 e. The molecule has 1 aromatic rings. The van der Waals surface area contributed by atoms with Crippen LogP contribution >= 0.6 is 0 Å². The molecule has 2 heterocycles. The van der Waals surface area contributed by atoms with E-state index in [0.717, 1.165) is 35.8 Å². The molecule has 0 radical (unpaired) electrons. The zero-order chi connectivity index (χ0) is 13.9. The van der Waals surface area contributed by atoms with Gasteiger partial charge >= 0.3 is 0 Å². The molecule has 1 aliphatic heterocycles. The van der Waals surface area contributed by atoms with Gasteiger partial charge in [0.2, 0.25) is 0 Å². The van der Waals surface area contributed by atoms with Crippen LogP contribution < -0.4 is 5.32 Å². The molecule has 1 N–H and O–H groups in total. The van der Waals surface area contributed by atoms with E-state index in [0.29, 0.717) is 0 Å². The van der Waals surface area contributed by atoms with Crippen LogP contribution in [0.1, 0.15) is 50.0 Å². The van der Waals surface area contributed by atoms with E-state index in [2.05, 4.69) is 20.2 Å². The highest BCUT2D eigenvalue weighted by molar-refractivity contribution is 5.34. The SMILES string of the molecule is CNc1cc(C)nc(CN2CCCC3CCCCC32)n1. The normalized spacial score (nSPS) is 27.1. The summed E-state index contributed by atoms with van der Waals surface area (Å²) in [6, 6.07) is 2.78. The van der Waals surface area contributed by atoms with Gasteiger partial charge in [-0.1, -0.05) is 12.8 Å². The molecular weight excluding hydrogens is 248 g/mol. The van der Waals surface area contributed by atoms with Gasteiger partial charge in [0.15, 0.2) is 0 Å². The van der Waals surface area contributed by atoms with Crippen molar-refractivity contribution in [2.75, 3.05) is 18.9 Å². The first-order valence-electron chi connectivity index (χ1n) is 8.02. The van der Waals surface area contributed by atoms with Crippen LogP contribution in [-0.2, 0) is 6.54 Å². The molecule has 20 heavy (non-hydrogen) atoms. The molecular formula is C16H26N4. The summed E-state index contributed by atoms with van der Waals surface area (Å²) in [6.45, 7) is 4.18. The lowest BCUT2D eigenvalue weighted by molar-refractivity contribution is 0.0526. The van der Waals surface area contributed by atoms with Crippen LogP contribution in [0.25, 0.3) is 0 Å². The largest absolute Gasteiger partial charge is 0.373 e. The van der Waals surface area contributed by atoms with Gasteiger partial charge in [0.05, 0.1) is 6.54 Å². The third-order valence-electron chi connectivity index (χ3n) is 4.86. The molecule has 0 amide bonds. The van der Waals surface area contributed by atoms with Crippen LogP contribution in [0, 0.1) is 12.8 Å². The Morgan fingerprint density at radius 2 is 2.00 bits per heavy atom. The van der Waals surface area contributed by atoms with Gasteiger partial charge in [-0.25, -0.2) is 9.97 Å². The Kier molecular flexibility index (Phi) is 4.20. The number of fused-ring (bicyclic) bond motifs is 1. The second kappa shape index (κ2) is 6.08. The third-order valence-corrected chi connectivity index (χ3v) is 4.86. The fraction of sp³-hybridized carbons (Fsp3) is 0.750. The topological polar surface area (TPSA) is 41.1 Å². The highest BCUT2D eigenvalue weighted by Gasteiger charge is 2.33. The third kappa shape index (κ3) is 2.95. The smallest absolute Gasteiger partial charge is 0.144 e. The predicted octanol–water partition coefficient (Wildman–Crippen LogP) is 2.98. The van der Waals surface area contributed by atoms with E-state index in [-0.39, 0.29) is 0 Å². The molecule has 1 aliphatic carbocycles. The highest BCUT2D eigenvalue weighted by Crippen LogP contribution is 2.35. The van der Waals surface area contributed by atoms with Crippen molar-refractivity contribution in [3.05, 3.63) is 17.6 Å². The number of aryl methyl sites for hydroxylation is 1. The van der Waals surface area contributed by atoms with Gasteiger partial charge in [-0.3, -0.25) is 4.90 Å². The van der Waals surface area contributed by atoms with E-state index >= 15 is 0 Å². The van der Waals surface area contributed by atoms with Gasteiger partial charge in [-0.2, -0.15) is 0 Å². The van der Waals surface area contributed by atoms with Gasteiger partial charge in [-0.05, 0) is 45.1 Å². The van der Waals surface area contributed by atoms with Gasteiger partial charge < -0.3 is 5.32 Å². The molecule has 1 saturated heterocycles. The van der Waals surface area contributed by atoms with Crippen molar-refractivity contribution in [3.63, 3.8) is 0 Å². The van der Waals surface area contributed by atoms with Crippen molar-refractivity contribution >= 4 is 5.82 Å². The van der Waals surface area contributed by atoms with Crippen molar-refractivity contribution < 1.29 is 0 Å². The summed E-state index contributed by atoms with van der Waals surface area (Å²) in [5.74, 6) is 2.83. The number of rotatable bonds is 3. The van der Waals surface area contributed by atoms with Crippen molar-refractivity contribution in [1.29, 1.82) is 0 Å². The Balaban J connectivity index is 1.74. The van der Waals surface area contributed by atoms with E-state index in [1.165, 1.54) is 45.1 Å². The zero-order valence-electron chi connectivity index (χ0n) is 12.7. The Morgan fingerprint density at radius 1 is 1.20 bits per heavy atom. The Morgan fingerprint density at radius 3 is 2.85 bits per heavy atom. The standard InChI is InChI=1S/C16H26N4/c1-12-10-15(17-2)19-16(18-12)11-20-9-5-7-13-6-3-4-8-14(13)20/h10,13-14H,3-9,11H2,1-2H3,(H,17,18,19). The first kappa shape index (κ1) is 13.8. The lowest BCUT2D eigenvalue weighted by atomic mass is 9.78. The number of aromatic nitrogens is 2. The van der Waals surface area contributed by atoms with Crippen LogP contribution in [0.2, 0.25) is 0 Å². The monoisotopic (exact) mass is 274 g/mol. The van der Waals surface area contributed by atoms with Gasteiger partial charge in [0, 0.05) is 24.8 Å². The minimum absolute atomic E-state index is 0.777. The average Bonchev–Trinajstić information content (AvgIpc) is 2.47. The number of likely N-dealkylation sites (tertiary alicyclic amines) is 1. The Hall–Kier alpha value is -1.16. The van der Waals surface area contributed by atoms with Crippen LogP contribution in [0.3, 0.4) is 0 Å².